The summed E-state index contributed by atoms with van der Waals surface area (Å²) in [6.45, 7) is 2.01. The SMILES string of the molecule is CC(Nc1ncc2cc(C(=O)c3ccc(F)cc3)n(-c3ccc(F)cc3)c2n1)c1ccccc1. The summed E-state index contributed by atoms with van der Waals surface area (Å²) < 4.78 is 28.7. The summed E-state index contributed by atoms with van der Waals surface area (Å²) in [5.74, 6) is -0.731. The lowest BCUT2D eigenvalue weighted by molar-refractivity contribution is 0.103. The van der Waals surface area contributed by atoms with Crippen LogP contribution >= 0.6 is 0 Å². The predicted octanol–water partition coefficient (Wildman–Crippen LogP) is 6.10. The number of rotatable bonds is 6. The first-order valence-electron chi connectivity index (χ1n) is 10.8. The number of hydrogen-bond acceptors (Lipinski definition) is 4. The first-order chi connectivity index (χ1) is 16.5. The van der Waals surface area contributed by atoms with E-state index < -0.39 is 5.82 Å². The van der Waals surface area contributed by atoms with Crippen LogP contribution in [0.5, 0.6) is 0 Å². The summed E-state index contributed by atoms with van der Waals surface area (Å²) in [4.78, 5) is 22.5. The molecule has 0 aliphatic carbocycles. The number of carbonyl (C=O) groups excluding carboxylic acids is 1. The molecular weight excluding hydrogens is 434 g/mol. The minimum Gasteiger partial charge on any atom is -0.348 e. The number of ketones is 1. The standard InChI is InChI=1S/C27H20F2N4O/c1-17(18-5-3-2-4-6-18)31-27-30-16-20-15-24(25(34)19-7-9-21(28)10-8-19)33(26(20)32-27)23-13-11-22(29)12-14-23/h2-17H,1H3,(H,30,31,32). The van der Waals surface area contributed by atoms with Gasteiger partial charge in [-0.3, -0.25) is 9.36 Å². The summed E-state index contributed by atoms with van der Waals surface area (Å²) in [6, 6.07) is 22.7. The molecule has 0 radical (unpaired) electrons. The van der Waals surface area contributed by atoms with E-state index in [0.717, 1.165) is 5.56 Å². The average Bonchev–Trinajstić information content (AvgIpc) is 3.24. The van der Waals surface area contributed by atoms with Gasteiger partial charge in [0.05, 0.1) is 11.7 Å². The van der Waals surface area contributed by atoms with Crippen molar-refractivity contribution in [1.29, 1.82) is 0 Å². The van der Waals surface area contributed by atoms with Crippen LogP contribution < -0.4 is 5.32 Å². The van der Waals surface area contributed by atoms with E-state index in [4.69, 9.17) is 0 Å². The zero-order valence-electron chi connectivity index (χ0n) is 18.2. The summed E-state index contributed by atoms with van der Waals surface area (Å²) in [6.07, 6.45) is 1.64. The van der Waals surface area contributed by atoms with E-state index in [-0.39, 0.29) is 17.6 Å². The number of fused-ring (bicyclic) bond motifs is 1. The molecule has 5 aromatic rings. The maximum Gasteiger partial charge on any atom is 0.225 e. The van der Waals surface area contributed by atoms with Gasteiger partial charge >= 0.3 is 0 Å². The van der Waals surface area contributed by atoms with E-state index in [2.05, 4.69) is 15.3 Å². The largest absolute Gasteiger partial charge is 0.348 e. The molecule has 168 valence electrons. The van der Waals surface area contributed by atoms with Crippen LogP contribution in [0.2, 0.25) is 0 Å². The Kier molecular flexibility index (Phi) is 5.59. The minimum atomic E-state index is -0.426. The van der Waals surface area contributed by atoms with Crippen LogP contribution in [0.1, 0.15) is 34.6 Å². The summed E-state index contributed by atoms with van der Waals surface area (Å²) in [5, 5.41) is 3.94. The van der Waals surface area contributed by atoms with Gasteiger partial charge < -0.3 is 5.32 Å². The molecule has 0 aliphatic rings. The fourth-order valence-corrected chi connectivity index (χ4v) is 3.85. The van der Waals surface area contributed by atoms with Gasteiger partial charge in [-0.15, -0.1) is 0 Å². The second kappa shape index (κ2) is 8.86. The number of nitrogens with zero attached hydrogens (tertiary/aromatic N) is 3. The second-order valence-electron chi connectivity index (χ2n) is 7.93. The van der Waals surface area contributed by atoms with E-state index in [1.165, 1.54) is 36.4 Å². The Hall–Kier alpha value is -4.39. The monoisotopic (exact) mass is 454 g/mol. The summed E-state index contributed by atoms with van der Waals surface area (Å²) >= 11 is 0. The number of hydrogen-bond donors (Lipinski definition) is 1. The zero-order chi connectivity index (χ0) is 23.7. The van der Waals surface area contributed by atoms with Crippen LogP contribution in [-0.4, -0.2) is 20.3 Å². The van der Waals surface area contributed by atoms with Crippen molar-refractivity contribution in [3.8, 4) is 5.69 Å². The van der Waals surface area contributed by atoms with Crippen molar-refractivity contribution in [2.24, 2.45) is 0 Å². The number of anilines is 1. The molecule has 0 fully saturated rings. The van der Waals surface area contributed by atoms with E-state index >= 15 is 0 Å². The predicted molar refractivity (Wildman–Crippen MR) is 127 cm³/mol. The van der Waals surface area contributed by atoms with Gasteiger partial charge in [-0.05, 0) is 67.1 Å². The first kappa shape index (κ1) is 21.5. The van der Waals surface area contributed by atoms with E-state index in [1.807, 2.05) is 37.3 Å². The van der Waals surface area contributed by atoms with Crippen LogP contribution in [0.4, 0.5) is 14.7 Å². The molecule has 2 heterocycles. The van der Waals surface area contributed by atoms with E-state index in [9.17, 15) is 13.6 Å². The molecule has 1 unspecified atom stereocenters. The third kappa shape index (κ3) is 4.15. The fourth-order valence-electron chi connectivity index (χ4n) is 3.85. The smallest absolute Gasteiger partial charge is 0.225 e. The van der Waals surface area contributed by atoms with Crippen molar-refractivity contribution in [2.75, 3.05) is 5.32 Å². The molecule has 3 aromatic carbocycles. The molecule has 0 saturated carbocycles. The Morgan fingerprint density at radius 3 is 2.24 bits per heavy atom. The summed E-state index contributed by atoms with van der Waals surface area (Å²) in [7, 11) is 0. The zero-order valence-corrected chi connectivity index (χ0v) is 18.2. The van der Waals surface area contributed by atoms with Crippen molar-refractivity contribution in [3.63, 3.8) is 0 Å². The van der Waals surface area contributed by atoms with Gasteiger partial charge in [-0.1, -0.05) is 30.3 Å². The van der Waals surface area contributed by atoms with Gasteiger partial charge in [0.15, 0.2) is 5.65 Å². The number of carbonyl (C=O) groups is 1. The van der Waals surface area contributed by atoms with Crippen LogP contribution in [0, 0.1) is 11.6 Å². The van der Waals surface area contributed by atoms with Crippen molar-refractivity contribution in [3.05, 3.63) is 120 Å². The maximum absolute atomic E-state index is 13.6. The van der Waals surface area contributed by atoms with E-state index in [1.54, 1.807) is 29.0 Å². The quantitative estimate of drug-likeness (QED) is 0.315. The van der Waals surface area contributed by atoms with Crippen molar-refractivity contribution in [1.82, 2.24) is 14.5 Å². The lowest BCUT2D eigenvalue weighted by Gasteiger charge is -2.15. The number of halogens is 2. The Morgan fingerprint density at radius 1 is 0.912 bits per heavy atom. The Balaban J connectivity index is 1.61. The van der Waals surface area contributed by atoms with Crippen LogP contribution in [0.3, 0.4) is 0 Å². The Labute approximate surface area is 194 Å². The fraction of sp³-hybridized carbons (Fsp3) is 0.0741. The number of aromatic nitrogens is 3. The molecule has 5 rings (SSSR count). The van der Waals surface area contributed by atoms with Crippen LogP contribution in [0.25, 0.3) is 16.7 Å². The molecule has 34 heavy (non-hydrogen) atoms. The lowest BCUT2D eigenvalue weighted by atomic mass is 10.1. The van der Waals surface area contributed by atoms with Gasteiger partial charge in [0.2, 0.25) is 11.7 Å². The highest BCUT2D eigenvalue weighted by Gasteiger charge is 2.21. The highest BCUT2D eigenvalue weighted by Crippen LogP contribution is 2.27. The number of benzene rings is 3. The highest BCUT2D eigenvalue weighted by molar-refractivity contribution is 6.10. The molecule has 2 aromatic heterocycles. The average molecular weight is 454 g/mol. The Bertz CT molecular complexity index is 1460. The molecule has 0 amide bonds. The van der Waals surface area contributed by atoms with Gasteiger partial charge in [0.1, 0.15) is 11.6 Å². The normalized spacial score (nSPS) is 12.0. The maximum atomic E-state index is 13.6. The third-order valence-corrected chi connectivity index (χ3v) is 5.61. The van der Waals surface area contributed by atoms with Crippen molar-refractivity contribution < 1.29 is 13.6 Å². The molecule has 0 aliphatic heterocycles. The van der Waals surface area contributed by atoms with Gasteiger partial charge in [0.25, 0.3) is 0 Å². The molecular formula is C27H20F2N4O. The van der Waals surface area contributed by atoms with Gasteiger partial charge in [-0.2, -0.15) is 4.98 Å². The van der Waals surface area contributed by atoms with Crippen LogP contribution in [0.15, 0.2) is 91.1 Å². The molecule has 0 bridgehead atoms. The Morgan fingerprint density at radius 2 is 1.56 bits per heavy atom. The van der Waals surface area contributed by atoms with Gasteiger partial charge in [-0.25, -0.2) is 13.8 Å². The first-order valence-corrected chi connectivity index (χ1v) is 10.8. The lowest BCUT2D eigenvalue weighted by Crippen LogP contribution is -2.11. The van der Waals surface area contributed by atoms with Gasteiger partial charge in [0, 0.05) is 22.8 Å². The summed E-state index contributed by atoms with van der Waals surface area (Å²) in [5.41, 5.74) is 2.79. The molecule has 5 nitrogen and oxygen atoms in total. The topological polar surface area (TPSA) is 59.8 Å². The second-order valence-corrected chi connectivity index (χ2v) is 7.93. The molecule has 7 heteroatoms. The minimum absolute atomic E-state index is 0.0480. The molecule has 0 saturated heterocycles. The molecule has 0 spiro atoms. The number of nitrogens with one attached hydrogen (secondary N) is 1. The molecule has 1 atom stereocenters. The highest BCUT2D eigenvalue weighted by atomic mass is 19.1. The van der Waals surface area contributed by atoms with Crippen molar-refractivity contribution >= 4 is 22.8 Å². The van der Waals surface area contributed by atoms with E-state index in [0.29, 0.717) is 33.9 Å². The van der Waals surface area contributed by atoms with Crippen molar-refractivity contribution in [2.45, 2.75) is 13.0 Å². The van der Waals surface area contributed by atoms with Crippen LogP contribution in [-0.2, 0) is 0 Å². The third-order valence-electron chi connectivity index (χ3n) is 5.61. The molecule has 1 N–H and O–H groups in total.